The fourth-order valence-corrected chi connectivity index (χ4v) is 3.36. The van der Waals surface area contributed by atoms with Gasteiger partial charge >= 0.3 is 0 Å². The Hall–Kier alpha value is -1.04. The molecule has 1 aromatic heterocycles. The lowest BCUT2D eigenvalue weighted by Crippen LogP contribution is -2.51. The average molecular weight is 289 g/mol. The van der Waals surface area contributed by atoms with Gasteiger partial charge in [-0.2, -0.15) is 0 Å². The molecule has 116 valence electrons. The number of hydrogen-bond donors (Lipinski definition) is 1. The molecule has 0 spiro atoms. The second-order valence-electron chi connectivity index (χ2n) is 6.47. The molecule has 2 aliphatic heterocycles. The minimum absolute atomic E-state index is 0.533. The van der Waals surface area contributed by atoms with E-state index in [1.165, 1.54) is 17.0 Å². The zero-order valence-corrected chi connectivity index (χ0v) is 13.5. The number of rotatable bonds is 4. The average Bonchev–Trinajstić information content (AvgIpc) is 2.92. The van der Waals surface area contributed by atoms with E-state index in [2.05, 4.69) is 36.1 Å². The number of likely N-dealkylation sites (N-methyl/N-ethyl adjacent to an activating group) is 2. The van der Waals surface area contributed by atoms with Gasteiger partial charge in [0.05, 0.1) is 5.69 Å². The van der Waals surface area contributed by atoms with E-state index in [0.29, 0.717) is 6.04 Å². The SMILES string of the molecule is CCCc1nc(CC2CN(C)CCN2C)nc2c1CNC2. The molecular formula is C16H27N5. The first-order chi connectivity index (χ1) is 10.2. The molecule has 1 N–H and O–H groups in total. The summed E-state index contributed by atoms with van der Waals surface area (Å²) in [5.74, 6) is 1.04. The number of piperazine rings is 1. The van der Waals surface area contributed by atoms with Gasteiger partial charge < -0.3 is 15.1 Å². The van der Waals surface area contributed by atoms with Gasteiger partial charge in [0.1, 0.15) is 5.82 Å². The van der Waals surface area contributed by atoms with E-state index in [-0.39, 0.29) is 0 Å². The molecule has 0 radical (unpaired) electrons. The van der Waals surface area contributed by atoms with Crippen LogP contribution in [0.15, 0.2) is 0 Å². The van der Waals surface area contributed by atoms with E-state index in [1.54, 1.807) is 0 Å². The van der Waals surface area contributed by atoms with Crippen LogP contribution in [0.1, 0.15) is 36.1 Å². The fraction of sp³-hybridized carbons (Fsp3) is 0.750. The molecule has 0 saturated carbocycles. The maximum absolute atomic E-state index is 4.89. The van der Waals surface area contributed by atoms with Crippen LogP contribution in [0, 0.1) is 0 Å². The van der Waals surface area contributed by atoms with Gasteiger partial charge in [-0.25, -0.2) is 9.97 Å². The standard InChI is InChI=1S/C16H27N5/c1-4-5-14-13-9-17-10-15(13)19-16(18-14)8-12-11-20(2)6-7-21(12)3/h12,17H,4-11H2,1-3H3. The van der Waals surface area contributed by atoms with Crippen LogP contribution in [0.2, 0.25) is 0 Å². The van der Waals surface area contributed by atoms with E-state index < -0.39 is 0 Å². The fourth-order valence-electron chi connectivity index (χ4n) is 3.36. The highest BCUT2D eigenvalue weighted by molar-refractivity contribution is 5.29. The van der Waals surface area contributed by atoms with Crippen LogP contribution in [0.4, 0.5) is 0 Å². The summed E-state index contributed by atoms with van der Waals surface area (Å²) in [6.07, 6.45) is 3.18. The molecule has 1 aromatic rings. The van der Waals surface area contributed by atoms with Crippen LogP contribution in [0.5, 0.6) is 0 Å². The van der Waals surface area contributed by atoms with E-state index >= 15 is 0 Å². The summed E-state index contributed by atoms with van der Waals surface area (Å²) in [6, 6.07) is 0.533. The van der Waals surface area contributed by atoms with Gasteiger partial charge in [0.25, 0.3) is 0 Å². The summed E-state index contributed by atoms with van der Waals surface area (Å²) in [4.78, 5) is 14.6. The molecule has 21 heavy (non-hydrogen) atoms. The van der Waals surface area contributed by atoms with Crippen molar-refractivity contribution in [3.05, 3.63) is 22.8 Å². The first-order valence-electron chi connectivity index (χ1n) is 8.14. The summed E-state index contributed by atoms with van der Waals surface area (Å²) >= 11 is 0. The maximum Gasteiger partial charge on any atom is 0.130 e. The Bertz CT molecular complexity index is 502. The van der Waals surface area contributed by atoms with Crippen molar-refractivity contribution >= 4 is 0 Å². The summed E-state index contributed by atoms with van der Waals surface area (Å²) < 4.78 is 0. The lowest BCUT2D eigenvalue weighted by Gasteiger charge is -2.37. The molecule has 3 heterocycles. The second-order valence-corrected chi connectivity index (χ2v) is 6.47. The molecular weight excluding hydrogens is 262 g/mol. The largest absolute Gasteiger partial charge is 0.307 e. The Morgan fingerprint density at radius 2 is 2.05 bits per heavy atom. The predicted octanol–water partition coefficient (Wildman–Crippen LogP) is 0.821. The van der Waals surface area contributed by atoms with Gasteiger partial charge in [-0.3, -0.25) is 0 Å². The Kier molecular flexibility index (Phi) is 4.52. The van der Waals surface area contributed by atoms with E-state index in [1.807, 2.05) is 0 Å². The monoisotopic (exact) mass is 289 g/mol. The highest BCUT2D eigenvalue weighted by Gasteiger charge is 2.25. The van der Waals surface area contributed by atoms with Crippen LogP contribution in [0.3, 0.4) is 0 Å². The topological polar surface area (TPSA) is 44.3 Å². The van der Waals surface area contributed by atoms with Crippen molar-refractivity contribution in [3.8, 4) is 0 Å². The van der Waals surface area contributed by atoms with E-state index in [4.69, 9.17) is 9.97 Å². The van der Waals surface area contributed by atoms with Crippen molar-refractivity contribution in [2.24, 2.45) is 0 Å². The van der Waals surface area contributed by atoms with Crippen molar-refractivity contribution in [1.82, 2.24) is 25.1 Å². The second kappa shape index (κ2) is 6.38. The highest BCUT2D eigenvalue weighted by Crippen LogP contribution is 2.20. The lowest BCUT2D eigenvalue weighted by molar-refractivity contribution is 0.113. The van der Waals surface area contributed by atoms with Crippen LogP contribution >= 0.6 is 0 Å². The summed E-state index contributed by atoms with van der Waals surface area (Å²) in [6.45, 7) is 7.47. The normalized spacial score (nSPS) is 23.5. The molecule has 0 amide bonds. The first-order valence-corrected chi connectivity index (χ1v) is 8.14. The van der Waals surface area contributed by atoms with Crippen molar-refractivity contribution < 1.29 is 0 Å². The third-order valence-electron chi connectivity index (χ3n) is 4.70. The molecule has 0 aliphatic carbocycles. The molecule has 0 bridgehead atoms. The summed E-state index contributed by atoms with van der Waals surface area (Å²) in [7, 11) is 4.43. The molecule has 5 heteroatoms. The Morgan fingerprint density at radius 3 is 2.86 bits per heavy atom. The molecule has 0 aromatic carbocycles. The van der Waals surface area contributed by atoms with Gasteiger partial charge in [-0.05, 0) is 20.5 Å². The summed E-state index contributed by atoms with van der Waals surface area (Å²) in [5, 5.41) is 3.41. The summed E-state index contributed by atoms with van der Waals surface area (Å²) in [5.41, 5.74) is 3.86. The van der Waals surface area contributed by atoms with Crippen LogP contribution < -0.4 is 5.32 Å². The Labute approximate surface area is 127 Å². The number of nitrogens with one attached hydrogen (secondary N) is 1. The van der Waals surface area contributed by atoms with Crippen LogP contribution in [-0.4, -0.2) is 59.5 Å². The third-order valence-corrected chi connectivity index (χ3v) is 4.70. The zero-order valence-electron chi connectivity index (χ0n) is 13.5. The van der Waals surface area contributed by atoms with Gasteiger partial charge in [0.15, 0.2) is 0 Å². The van der Waals surface area contributed by atoms with Crippen LogP contribution in [0.25, 0.3) is 0 Å². The van der Waals surface area contributed by atoms with Gasteiger partial charge in [0, 0.05) is 56.4 Å². The number of aromatic nitrogens is 2. The van der Waals surface area contributed by atoms with Crippen molar-refractivity contribution in [2.45, 2.75) is 45.3 Å². The minimum Gasteiger partial charge on any atom is -0.307 e. The molecule has 1 saturated heterocycles. The van der Waals surface area contributed by atoms with Crippen LogP contribution in [-0.2, 0) is 25.9 Å². The number of hydrogen-bond acceptors (Lipinski definition) is 5. The van der Waals surface area contributed by atoms with Gasteiger partial charge in [-0.1, -0.05) is 13.3 Å². The van der Waals surface area contributed by atoms with Crippen molar-refractivity contribution in [3.63, 3.8) is 0 Å². The minimum atomic E-state index is 0.533. The quantitative estimate of drug-likeness (QED) is 0.889. The van der Waals surface area contributed by atoms with Crippen molar-refractivity contribution in [2.75, 3.05) is 33.7 Å². The zero-order chi connectivity index (χ0) is 14.8. The maximum atomic E-state index is 4.89. The Morgan fingerprint density at radius 1 is 1.19 bits per heavy atom. The first kappa shape index (κ1) is 14.9. The number of fused-ring (bicyclic) bond motifs is 1. The molecule has 5 nitrogen and oxygen atoms in total. The van der Waals surface area contributed by atoms with Crippen molar-refractivity contribution in [1.29, 1.82) is 0 Å². The van der Waals surface area contributed by atoms with E-state index in [0.717, 1.165) is 57.8 Å². The number of aryl methyl sites for hydroxylation is 1. The Balaban J connectivity index is 1.80. The predicted molar refractivity (Wildman–Crippen MR) is 84.2 cm³/mol. The lowest BCUT2D eigenvalue weighted by atomic mass is 10.1. The molecule has 1 atom stereocenters. The van der Waals surface area contributed by atoms with Gasteiger partial charge in [-0.15, -0.1) is 0 Å². The van der Waals surface area contributed by atoms with Gasteiger partial charge in [0.2, 0.25) is 0 Å². The van der Waals surface area contributed by atoms with E-state index in [9.17, 15) is 0 Å². The smallest absolute Gasteiger partial charge is 0.130 e. The molecule has 1 fully saturated rings. The number of nitrogens with zero attached hydrogens (tertiary/aromatic N) is 4. The molecule has 2 aliphatic rings. The third kappa shape index (κ3) is 3.25. The highest BCUT2D eigenvalue weighted by atomic mass is 15.3. The molecule has 3 rings (SSSR count). The molecule has 1 unspecified atom stereocenters.